The maximum absolute atomic E-state index is 5.77. The van der Waals surface area contributed by atoms with Crippen molar-refractivity contribution >= 4 is 23.8 Å². The fourth-order valence-corrected chi connectivity index (χ4v) is 3.34. The SMILES string of the molecule is CCCCCOc1ccc(C=Nc2cccc(N=Cc3ccc(OCCCCC)cc3)c2)cc1. The third kappa shape index (κ3) is 9.22. The summed E-state index contributed by atoms with van der Waals surface area (Å²) >= 11 is 0. The highest BCUT2D eigenvalue weighted by molar-refractivity contribution is 5.84. The smallest absolute Gasteiger partial charge is 0.119 e. The Bertz CT molecular complexity index is 944. The Labute approximate surface area is 204 Å². The highest BCUT2D eigenvalue weighted by Gasteiger charge is 1.97. The molecule has 0 aliphatic rings. The number of rotatable bonds is 14. The first-order valence-electron chi connectivity index (χ1n) is 12.4. The van der Waals surface area contributed by atoms with Crippen LogP contribution in [0.25, 0.3) is 0 Å². The van der Waals surface area contributed by atoms with E-state index in [0.29, 0.717) is 0 Å². The van der Waals surface area contributed by atoms with Gasteiger partial charge in [0.05, 0.1) is 24.6 Å². The molecule has 0 unspecified atom stereocenters. The molecule has 3 aromatic carbocycles. The number of hydrogen-bond acceptors (Lipinski definition) is 4. The Hall–Kier alpha value is -3.40. The Kier molecular flexibility index (Phi) is 10.9. The lowest BCUT2D eigenvalue weighted by Gasteiger charge is -2.05. The molecular formula is C30H36N2O2. The maximum Gasteiger partial charge on any atom is 0.119 e. The second kappa shape index (κ2) is 14.7. The summed E-state index contributed by atoms with van der Waals surface area (Å²) in [6.07, 6.45) is 10.7. The van der Waals surface area contributed by atoms with Crippen molar-refractivity contribution in [2.45, 2.75) is 52.4 Å². The zero-order valence-electron chi connectivity index (χ0n) is 20.5. The number of benzene rings is 3. The van der Waals surface area contributed by atoms with Gasteiger partial charge in [0, 0.05) is 12.4 Å². The van der Waals surface area contributed by atoms with Crippen LogP contribution in [0.4, 0.5) is 11.4 Å². The average molecular weight is 457 g/mol. The van der Waals surface area contributed by atoms with Gasteiger partial charge in [-0.2, -0.15) is 0 Å². The van der Waals surface area contributed by atoms with E-state index >= 15 is 0 Å². The van der Waals surface area contributed by atoms with Gasteiger partial charge in [-0.25, -0.2) is 0 Å². The van der Waals surface area contributed by atoms with Crippen molar-refractivity contribution in [2.75, 3.05) is 13.2 Å². The number of nitrogens with zero attached hydrogens (tertiary/aromatic N) is 2. The first kappa shape index (κ1) is 25.2. The summed E-state index contributed by atoms with van der Waals surface area (Å²) in [6, 6.07) is 24.0. The van der Waals surface area contributed by atoms with Gasteiger partial charge in [0.2, 0.25) is 0 Å². The molecule has 34 heavy (non-hydrogen) atoms. The van der Waals surface area contributed by atoms with Crippen molar-refractivity contribution < 1.29 is 9.47 Å². The lowest BCUT2D eigenvalue weighted by Crippen LogP contribution is -1.96. The summed E-state index contributed by atoms with van der Waals surface area (Å²) in [5.74, 6) is 1.81. The molecule has 0 atom stereocenters. The third-order valence-corrected chi connectivity index (χ3v) is 5.35. The molecule has 0 saturated carbocycles. The van der Waals surface area contributed by atoms with E-state index in [0.717, 1.165) is 60.1 Å². The van der Waals surface area contributed by atoms with Crippen LogP contribution in [0.3, 0.4) is 0 Å². The van der Waals surface area contributed by atoms with Gasteiger partial charge in [0.25, 0.3) is 0 Å². The Morgan fingerprint density at radius 2 is 1.03 bits per heavy atom. The van der Waals surface area contributed by atoms with E-state index in [9.17, 15) is 0 Å². The summed E-state index contributed by atoms with van der Waals surface area (Å²) in [5.41, 5.74) is 3.80. The lowest BCUT2D eigenvalue weighted by atomic mass is 10.2. The Balaban J connectivity index is 1.52. The van der Waals surface area contributed by atoms with Crippen LogP contribution in [0.5, 0.6) is 11.5 Å². The van der Waals surface area contributed by atoms with Crippen molar-refractivity contribution in [1.29, 1.82) is 0 Å². The molecule has 0 aromatic heterocycles. The van der Waals surface area contributed by atoms with Crippen LogP contribution in [0.2, 0.25) is 0 Å². The standard InChI is InChI=1S/C30H36N2O2/c1-3-5-7-20-33-29-16-12-25(13-17-29)23-31-27-10-9-11-28(22-27)32-24-26-14-18-30(19-15-26)34-21-8-6-4-2/h9-19,22-24H,3-8,20-21H2,1-2H3. The van der Waals surface area contributed by atoms with Gasteiger partial charge in [-0.3, -0.25) is 9.98 Å². The molecular weight excluding hydrogens is 420 g/mol. The zero-order valence-corrected chi connectivity index (χ0v) is 20.5. The van der Waals surface area contributed by atoms with Crippen LogP contribution in [0, 0.1) is 0 Å². The lowest BCUT2D eigenvalue weighted by molar-refractivity contribution is 0.306. The van der Waals surface area contributed by atoms with E-state index in [2.05, 4.69) is 23.8 Å². The molecule has 0 N–H and O–H groups in total. The molecule has 4 heteroatoms. The summed E-state index contributed by atoms with van der Waals surface area (Å²) in [6.45, 7) is 5.93. The van der Waals surface area contributed by atoms with Crippen molar-refractivity contribution in [2.24, 2.45) is 9.98 Å². The minimum atomic E-state index is 0.769. The van der Waals surface area contributed by atoms with Crippen LogP contribution in [0.1, 0.15) is 63.5 Å². The van der Waals surface area contributed by atoms with Crippen molar-refractivity contribution in [3.63, 3.8) is 0 Å². The Morgan fingerprint density at radius 3 is 1.44 bits per heavy atom. The van der Waals surface area contributed by atoms with Gasteiger partial charge in [0.1, 0.15) is 11.5 Å². The molecule has 3 rings (SSSR count). The molecule has 0 fully saturated rings. The average Bonchev–Trinajstić information content (AvgIpc) is 2.88. The molecule has 0 aliphatic heterocycles. The topological polar surface area (TPSA) is 43.2 Å². The van der Waals surface area contributed by atoms with Crippen LogP contribution in [0.15, 0.2) is 82.8 Å². The van der Waals surface area contributed by atoms with E-state index in [1.807, 2.05) is 85.2 Å². The minimum absolute atomic E-state index is 0.769. The first-order chi connectivity index (χ1) is 16.8. The van der Waals surface area contributed by atoms with Crippen LogP contribution >= 0.6 is 0 Å². The van der Waals surface area contributed by atoms with Gasteiger partial charge < -0.3 is 9.47 Å². The van der Waals surface area contributed by atoms with E-state index in [-0.39, 0.29) is 0 Å². The summed E-state index contributed by atoms with van der Waals surface area (Å²) in [5, 5.41) is 0. The van der Waals surface area contributed by atoms with E-state index in [1.165, 1.54) is 25.7 Å². The second-order valence-corrected chi connectivity index (χ2v) is 8.29. The van der Waals surface area contributed by atoms with Gasteiger partial charge in [0.15, 0.2) is 0 Å². The number of unbranched alkanes of at least 4 members (excludes halogenated alkanes) is 4. The fourth-order valence-electron chi connectivity index (χ4n) is 3.34. The largest absolute Gasteiger partial charge is 0.494 e. The summed E-state index contributed by atoms with van der Waals surface area (Å²) in [7, 11) is 0. The van der Waals surface area contributed by atoms with Crippen LogP contribution in [-0.2, 0) is 0 Å². The van der Waals surface area contributed by atoms with E-state index in [1.54, 1.807) is 0 Å². The molecule has 0 aliphatic carbocycles. The number of hydrogen-bond donors (Lipinski definition) is 0. The molecule has 0 amide bonds. The predicted octanol–water partition coefficient (Wildman–Crippen LogP) is 8.33. The highest BCUT2D eigenvalue weighted by atomic mass is 16.5. The van der Waals surface area contributed by atoms with Gasteiger partial charge in [-0.05, 0) is 90.7 Å². The predicted molar refractivity (Wildman–Crippen MR) is 144 cm³/mol. The summed E-state index contributed by atoms with van der Waals surface area (Å²) in [4.78, 5) is 9.21. The molecule has 0 spiro atoms. The molecule has 0 bridgehead atoms. The molecule has 3 aromatic rings. The van der Waals surface area contributed by atoms with Crippen molar-refractivity contribution in [3.8, 4) is 11.5 Å². The molecule has 178 valence electrons. The quantitative estimate of drug-likeness (QED) is 0.181. The molecule has 4 nitrogen and oxygen atoms in total. The third-order valence-electron chi connectivity index (χ3n) is 5.35. The minimum Gasteiger partial charge on any atom is -0.494 e. The fraction of sp³-hybridized carbons (Fsp3) is 0.333. The van der Waals surface area contributed by atoms with Crippen LogP contribution in [-0.4, -0.2) is 25.6 Å². The van der Waals surface area contributed by atoms with Gasteiger partial charge in [-0.1, -0.05) is 45.6 Å². The van der Waals surface area contributed by atoms with E-state index < -0.39 is 0 Å². The Morgan fingerprint density at radius 1 is 0.588 bits per heavy atom. The molecule has 0 radical (unpaired) electrons. The van der Waals surface area contributed by atoms with Gasteiger partial charge >= 0.3 is 0 Å². The monoisotopic (exact) mass is 456 g/mol. The summed E-state index contributed by atoms with van der Waals surface area (Å²) < 4.78 is 11.5. The van der Waals surface area contributed by atoms with Crippen molar-refractivity contribution in [1.82, 2.24) is 0 Å². The first-order valence-corrected chi connectivity index (χ1v) is 12.4. The highest BCUT2D eigenvalue weighted by Crippen LogP contribution is 2.21. The van der Waals surface area contributed by atoms with Gasteiger partial charge in [-0.15, -0.1) is 0 Å². The molecule has 0 saturated heterocycles. The van der Waals surface area contributed by atoms with Crippen molar-refractivity contribution in [3.05, 3.63) is 83.9 Å². The maximum atomic E-state index is 5.77. The number of aliphatic imine (C=N–C) groups is 2. The second-order valence-electron chi connectivity index (χ2n) is 8.29. The van der Waals surface area contributed by atoms with Crippen LogP contribution < -0.4 is 9.47 Å². The number of ether oxygens (including phenoxy) is 2. The normalized spacial score (nSPS) is 11.4. The molecule has 0 heterocycles. The van der Waals surface area contributed by atoms with E-state index in [4.69, 9.17) is 9.47 Å². The zero-order chi connectivity index (χ0) is 23.8.